The average Bonchev–Trinajstić information content (AvgIpc) is 2.83. The van der Waals surface area contributed by atoms with E-state index in [1.165, 1.54) is 0 Å². The Morgan fingerprint density at radius 3 is 2.94 bits per heavy atom. The van der Waals surface area contributed by atoms with Crippen LogP contribution in [0.25, 0.3) is 5.78 Å². The average molecular weight is 233 g/mol. The Hall–Kier alpha value is -1.73. The number of piperazine rings is 1. The third kappa shape index (κ3) is 1.83. The Morgan fingerprint density at radius 2 is 2.18 bits per heavy atom. The lowest BCUT2D eigenvalue weighted by molar-refractivity contribution is 0.579. The standard InChI is InChI=1S/C10H15N7/c11-7-8-1-2-13-9-14-10(15-17(8)9)16-5-3-12-4-6-16/h1-2,12H,3-7,11H2. The number of nitrogens with two attached hydrogens (primary N) is 1. The van der Waals surface area contributed by atoms with Crippen molar-refractivity contribution in [1.29, 1.82) is 0 Å². The van der Waals surface area contributed by atoms with Crippen LogP contribution in [0.2, 0.25) is 0 Å². The fourth-order valence-corrected chi connectivity index (χ4v) is 1.98. The van der Waals surface area contributed by atoms with Gasteiger partial charge in [-0.2, -0.15) is 9.50 Å². The van der Waals surface area contributed by atoms with Gasteiger partial charge in [0, 0.05) is 38.9 Å². The van der Waals surface area contributed by atoms with E-state index in [1.54, 1.807) is 10.7 Å². The van der Waals surface area contributed by atoms with Gasteiger partial charge in [-0.25, -0.2) is 4.98 Å². The maximum Gasteiger partial charge on any atom is 0.254 e. The molecule has 0 saturated carbocycles. The summed E-state index contributed by atoms with van der Waals surface area (Å²) in [5.74, 6) is 1.35. The smallest absolute Gasteiger partial charge is 0.254 e. The molecule has 0 atom stereocenters. The zero-order valence-corrected chi connectivity index (χ0v) is 9.50. The molecule has 1 saturated heterocycles. The molecule has 1 fully saturated rings. The summed E-state index contributed by atoms with van der Waals surface area (Å²) in [5, 5.41) is 7.77. The van der Waals surface area contributed by atoms with E-state index in [9.17, 15) is 0 Å². The summed E-state index contributed by atoms with van der Waals surface area (Å²) >= 11 is 0. The molecule has 90 valence electrons. The fraction of sp³-hybridized carbons (Fsp3) is 0.500. The first kappa shape index (κ1) is 10.4. The van der Waals surface area contributed by atoms with Crippen molar-refractivity contribution in [2.45, 2.75) is 6.54 Å². The molecule has 1 aliphatic heterocycles. The summed E-state index contributed by atoms with van der Waals surface area (Å²) in [5.41, 5.74) is 6.58. The highest BCUT2D eigenvalue weighted by atomic mass is 15.4. The van der Waals surface area contributed by atoms with Crippen molar-refractivity contribution < 1.29 is 0 Å². The number of nitrogens with one attached hydrogen (secondary N) is 1. The largest absolute Gasteiger partial charge is 0.337 e. The second kappa shape index (κ2) is 4.27. The van der Waals surface area contributed by atoms with Crippen molar-refractivity contribution in [2.24, 2.45) is 5.73 Å². The summed E-state index contributed by atoms with van der Waals surface area (Å²) in [6, 6.07) is 1.86. The minimum atomic E-state index is 0.434. The van der Waals surface area contributed by atoms with E-state index in [0.717, 1.165) is 37.8 Å². The molecule has 0 aromatic carbocycles. The number of hydrogen-bond acceptors (Lipinski definition) is 6. The summed E-state index contributed by atoms with van der Waals surface area (Å²) in [6.07, 6.45) is 1.72. The number of hydrogen-bond donors (Lipinski definition) is 2. The molecule has 2 aromatic rings. The summed E-state index contributed by atoms with van der Waals surface area (Å²) in [7, 11) is 0. The van der Waals surface area contributed by atoms with Gasteiger partial charge >= 0.3 is 0 Å². The van der Waals surface area contributed by atoms with Crippen molar-refractivity contribution in [3.8, 4) is 0 Å². The van der Waals surface area contributed by atoms with Gasteiger partial charge in [0.1, 0.15) is 0 Å². The number of aromatic nitrogens is 4. The van der Waals surface area contributed by atoms with Crippen LogP contribution in [-0.4, -0.2) is 45.8 Å². The Kier molecular flexibility index (Phi) is 2.62. The van der Waals surface area contributed by atoms with Crippen LogP contribution >= 0.6 is 0 Å². The van der Waals surface area contributed by atoms with Gasteiger partial charge in [0.05, 0.1) is 5.69 Å². The molecule has 0 bridgehead atoms. The van der Waals surface area contributed by atoms with Crippen molar-refractivity contribution in [3.05, 3.63) is 18.0 Å². The molecule has 0 unspecified atom stereocenters. The molecule has 0 aliphatic carbocycles. The monoisotopic (exact) mass is 233 g/mol. The highest BCUT2D eigenvalue weighted by Crippen LogP contribution is 2.11. The fourth-order valence-electron chi connectivity index (χ4n) is 1.98. The van der Waals surface area contributed by atoms with E-state index in [0.29, 0.717) is 12.3 Å². The van der Waals surface area contributed by atoms with Crippen molar-refractivity contribution in [2.75, 3.05) is 31.1 Å². The molecule has 3 heterocycles. The lowest BCUT2D eigenvalue weighted by Gasteiger charge is -2.25. The molecular weight excluding hydrogens is 218 g/mol. The number of rotatable bonds is 2. The zero-order valence-electron chi connectivity index (χ0n) is 9.50. The predicted octanol–water partition coefficient (Wildman–Crippen LogP) is -1.01. The third-order valence-corrected chi connectivity index (χ3v) is 2.92. The van der Waals surface area contributed by atoms with E-state index in [-0.39, 0.29) is 0 Å². The lowest BCUT2D eigenvalue weighted by Crippen LogP contribution is -2.44. The molecule has 7 heteroatoms. The highest BCUT2D eigenvalue weighted by molar-refractivity contribution is 5.40. The van der Waals surface area contributed by atoms with Crippen LogP contribution in [-0.2, 0) is 6.54 Å². The summed E-state index contributed by atoms with van der Waals surface area (Å²) < 4.78 is 1.72. The predicted molar refractivity (Wildman–Crippen MR) is 63.8 cm³/mol. The maximum atomic E-state index is 5.66. The molecule has 2 aromatic heterocycles. The molecule has 0 amide bonds. The Morgan fingerprint density at radius 1 is 1.35 bits per heavy atom. The Balaban J connectivity index is 2.00. The third-order valence-electron chi connectivity index (χ3n) is 2.92. The first-order valence-corrected chi connectivity index (χ1v) is 5.75. The van der Waals surface area contributed by atoms with Gasteiger partial charge in [-0.3, -0.25) is 0 Å². The van der Waals surface area contributed by atoms with Crippen molar-refractivity contribution >= 4 is 11.7 Å². The molecule has 1 aliphatic rings. The van der Waals surface area contributed by atoms with Gasteiger partial charge in [0.15, 0.2) is 0 Å². The second-order valence-corrected chi connectivity index (χ2v) is 4.00. The molecule has 3 rings (SSSR count). The zero-order chi connectivity index (χ0) is 11.7. The highest BCUT2D eigenvalue weighted by Gasteiger charge is 2.16. The van der Waals surface area contributed by atoms with E-state index in [1.807, 2.05) is 6.07 Å². The van der Waals surface area contributed by atoms with Crippen LogP contribution in [0.1, 0.15) is 5.69 Å². The quantitative estimate of drug-likeness (QED) is 0.691. The van der Waals surface area contributed by atoms with E-state index in [4.69, 9.17) is 5.73 Å². The van der Waals surface area contributed by atoms with Crippen molar-refractivity contribution in [1.82, 2.24) is 24.9 Å². The number of anilines is 1. The van der Waals surface area contributed by atoms with Crippen LogP contribution < -0.4 is 16.0 Å². The number of fused-ring (bicyclic) bond motifs is 1. The second-order valence-electron chi connectivity index (χ2n) is 4.00. The lowest BCUT2D eigenvalue weighted by atomic mass is 10.4. The van der Waals surface area contributed by atoms with Crippen LogP contribution in [0, 0.1) is 0 Å². The van der Waals surface area contributed by atoms with E-state index in [2.05, 4.69) is 25.3 Å². The summed E-state index contributed by atoms with van der Waals surface area (Å²) in [4.78, 5) is 10.8. The minimum Gasteiger partial charge on any atom is -0.337 e. The molecule has 7 nitrogen and oxygen atoms in total. The van der Waals surface area contributed by atoms with Gasteiger partial charge in [-0.15, -0.1) is 5.10 Å². The summed E-state index contributed by atoms with van der Waals surface area (Å²) in [6.45, 7) is 4.21. The molecule has 3 N–H and O–H groups in total. The normalized spacial score (nSPS) is 16.6. The number of nitrogens with zero attached hydrogens (tertiary/aromatic N) is 5. The molecular formula is C10H15N7. The minimum absolute atomic E-state index is 0.434. The van der Waals surface area contributed by atoms with Gasteiger partial charge in [-0.1, -0.05) is 0 Å². The van der Waals surface area contributed by atoms with Crippen LogP contribution in [0.5, 0.6) is 0 Å². The van der Waals surface area contributed by atoms with E-state index < -0.39 is 0 Å². The Bertz CT molecular complexity index is 514. The van der Waals surface area contributed by atoms with Crippen molar-refractivity contribution in [3.63, 3.8) is 0 Å². The van der Waals surface area contributed by atoms with Crippen LogP contribution in [0.4, 0.5) is 5.95 Å². The van der Waals surface area contributed by atoms with Gasteiger partial charge in [0.25, 0.3) is 5.78 Å². The maximum absolute atomic E-state index is 5.66. The molecule has 0 radical (unpaired) electrons. The van der Waals surface area contributed by atoms with Gasteiger partial charge in [-0.05, 0) is 6.07 Å². The first-order valence-electron chi connectivity index (χ1n) is 5.75. The van der Waals surface area contributed by atoms with Crippen LogP contribution in [0.15, 0.2) is 12.3 Å². The van der Waals surface area contributed by atoms with Crippen LogP contribution in [0.3, 0.4) is 0 Å². The topological polar surface area (TPSA) is 84.4 Å². The van der Waals surface area contributed by atoms with Gasteiger partial charge < -0.3 is 16.0 Å². The Labute approximate surface area is 98.6 Å². The first-order chi connectivity index (χ1) is 8.38. The van der Waals surface area contributed by atoms with E-state index >= 15 is 0 Å². The van der Waals surface area contributed by atoms with Gasteiger partial charge in [0.2, 0.25) is 5.95 Å². The molecule has 0 spiro atoms. The molecule has 17 heavy (non-hydrogen) atoms. The SMILES string of the molecule is NCc1ccnc2nc(N3CCNCC3)nn12.